The average molecular weight is 289 g/mol. The van der Waals surface area contributed by atoms with Crippen molar-refractivity contribution in [3.63, 3.8) is 0 Å². The molecule has 0 saturated carbocycles. The summed E-state index contributed by atoms with van der Waals surface area (Å²) in [6.07, 6.45) is 3.21. The Hall–Kier alpha value is -2.04. The molecule has 21 heavy (non-hydrogen) atoms. The molecule has 0 unspecified atom stereocenters. The van der Waals surface area contributed by atoms with Crippen molar-refractivity contribution in [1.29, 1.82) is 0 Å². The largest absolute Gasteiger partial charge is 0.355 e. The Morgan fingerprint density at radius 1 is 1.10 bits per heavy atom. The summed E-state index contributed by atoms with van der Waals surface area (Å²) in [7, 11) is 0. The quantitative estimate of drug-likeness (QED) is 0.794. The molecule has 0 atom stereocenters. The molecule has 0 saturated heterocycles. The number of carbonyl (C=O) groups excluding carboxylic acids is 1. The normalized spacial score (nSPS) is 11.0. The van der Waals surface area contributed by atoms with Crippen molar-refractivity contribution in [2.45, 2.75) is 46.2 Å². The van der Waals surface area contributed by atoms with Gasteiger partial charge in [0.15, 0.2) is 0 Å². The topological polar surface area (TPSA) is 56.0 Å². The van der Waals surface area contributed by atoms with Crippen LogP contribution in [0, 0.1) is 0 Å². The number of benzene rings is 1. The number of aromatic nitrogens is 2. The van der Waals surface area contributed by atoms with Gasteiger partial charge in [-0.05, 0) is 25.5 Å². The number of hydrogen-bond acceptors (Lipinski definition) is 2. The highest BCUT2D eigenvalue weighted by atomic mass is 16.2. The molecule has 0 radical (unpaired) electrons. The molecule has 5 heteroatoms. The Morgan fingerprint density at radius 2 is 1.76 bits per heavy atom. The van der Waals surface area contributed by atoms with Crippen LogP contribution in [0.1, 0.15) is 33.1 Å². The first kappa shape index (κ1) is 15.4. The zero-order chi connectivity index (χ0) is 15.2. The van der Waals surface area contributed by atoms with E-state index in [0.29, 0.717) is 13.1 Å². The van der Waals surface area contributed by atoms with E-state index in [2.05, 4.69) is 12.2 Å². The van der Waals surface area contributed by atoms with Gasteiger partial charge >= 0.3 is 5.69 Å². The summed E-state index contributed by atoms with van der Waals surface area (Å²) in [6, 6.07) is 7.59. The van der Waals surface area contributed by atoms with Crippen LogP contribution in [0.3, 0.4) is 0 Å². The maximum absolute atomic E-state index is 12.4. The molecule has 1 N–H and O–H groups in total. The summed E-state index contributed by atoms with van der Waals surface area (Å²) < 4.78 is 3.24. The number of imidazole rings is 1. The number of hydrogen-bond donors (Lipinski definition) is 1. The van der Waals surface area contributed by atoms with E-state index >= 15 is 0 Å². The number of amides is 1. The molecule has 5 nitrogen and oxygen atoms in total. The summed E-state index contributed by atoms with van der Waals surface area (Å²) in [4.78, 5) is 24.4. The van der Waals surface area contributed by atoms with Crippen molar-refractivity contribution >= 4 is 16.9 Å². The van der Waals surface area contributed by atoms with Crippen LogP contribution in [0.5, 0.6) is 0 Å². The fraction of sp³-hybridized carbons (Fsp3) is 0.500. The van der Waals surface area contributed by atoms with E-state index in [4.69, 9.17) is 0 Å². The number of nitrogens with one attached hydrogen (secondary N) is 1. The van der Waals surface area contributed by atoms with Gasteiger partial charge in [-0.1, -0.05) is 31.9 Å². The molecule has 0 spiro atoms. The monoisotopic (exact) mass is 289 g/mol. The number of aryl methyl sites for hydroxylation is 1. The van der Waals surface area contributed by atoms with Gasteiger partial charge in [0, 0.05) is 13.1 Å². The van der Waals surface area contributed by atoms with Gasteiger partial charge in [0.25, 0.3) is 0 Å². The molecule has 0 bridgehead atoms. The van der Waals surface area contributed by atoms with Crippen LogP contribution in [-0.2, 0) is 17.9 Å². The van der Waals surface area contributed by atoms with Crippen molar-refractivity contribution in [2.75, 3.05) is 6.54 Å². The van der Waals surface area contributed by atoms with E-state index in [9.17, 15) is 9.59 Å². The first-order chi connectivity index (χ1) is 10.2. The summed E-state index contributed by atoms with van der Waals surface area (Å²) in [6.45, 7) is 5.42. The van der Waals surface area contributed by atoms with Crippen molar-refractivity contribution in [1.82, 2.24) is 14.5 Å². The fourth-order valence-corrected chi connectivity index (χ4v) is 2.53. The molecule has 1 amide bonds. The van der Waals surface area contributed by atoms with Crippen LogP contribution >= 0.6 is 0 Å². The smallest absolute Gasteiger partial charge is 0.329 e. The Balaban J connectivity index is 2.17. The van der Waals surface area contributed by atoms with Crippen molar-refractivity contribution in [3.8, 4) is 0 Å². The highest BCUT2D eigenvalue weighted by Crippen LogP contribution is 2.12. The van der Waals surface area contributed by atoms with E-state index in [-0.39, 0.29) is 18.1 Å². The molecule has 0 aliphatic heterocycles. The molecule has 2 aromatic rings. The van der Waals surface area contributed by atoms with Crippen LogP contribution in [0.25, 0.3) is 11.0 Å². The van der Waals surface area contributed by atoms with E-state index < -0.39 is 0 Å². The van der Waals surface area contributed by atoms with Crippen LogP contribution in [-0.4, -0.2) is 21.6 Å². The van der Waals surface area contributed by atoms with E-state index in [1.165, 1.54) is 0 Å². The Morgan fingerprint density at radius 3 is 2.38 bits per heavy atom. The van der Waals surface area contributed by atoms with Crippen LogP contribution in [0.4, 0.5) is 0 Å². The number of nitrogens with zero attached hydrogens (tertiary/aromatic N) is 2. The minimum Gasteiger partial charge on any atom is -0.355 e. The predicted octanol–water partition coefficient (Wildman–Crippen LogP) is 2.13. The lowest BCUT2D eigenvalue weighted by molar-refractivity contribution is -0.121. The third-order valence-electron chi connectivity index (χ3n) is 3.65. The van der Waals surface area contributed by atoms with Crippen LogP contribution in [0.2, 0.25) is 0 Å². The highest BCUT2D eigenvalue weighted by Gasteiger charge is 2.13. The number of fused-ring (bicyclic) bond motifs is 1. The molecule has 114 valence electrons. The Bertz CT molecular complexity index is 670. The molecule has 1 heterocycles. The molecule has 1 aromatic heterocycles. The Labute approximate surface area is 124 Å². The van der Waals surface area contributed by atoms with E-state index in [0.717, 1.165) is 30.3 Å². The molecular weight excluding hydrogens is 266 g/mol. The van der Waals surface area contributed by atoms with Gasteiger partial charge in [0.2, 0.25) is 5.91 Å². The first-order valence-corrected chi connectivity index (χ1v) is 7.63. The van der Waals surface area contributed by atoms with E-state index in [1.54, 1.807) is 9.13 Å². The number of carbonyl (C=O) groups is 1. The van der Waals surface area contributed by atoms with Gasteiger partial charge in [0.1, 0.15) is 6.54 Å². The summed E-state index contributed by atoms with van der Waals surface area (Å²) >= 11 is 0. The van der Waals surface area contributed by atoms with Gasteiger partial charge < -0.3 is 5.32 Å². The lowest BCUT2D eigenvalue weighted by Crippen LogP contribution is -2.33. The minimum absolute atomic E-state index is 0.0818. The summed E-state index contributed by atoms with van der Waals surface area (Å²) in [5.74, 6) is -0.104. The second-order valence-electron chi connectivity index (χ2n) is 5.16. The van der Waals surface area contributed by atoms with Gasteiger partial charge in [-0.25, -0.2) is 4.79 Å². The van der Waals surface area contributed by atoms with Crippen molar-refractivity contribution in [2.24, 2.45) is 0 Å². The Kier molecular flexibility index (Phi) is 5.20. The first-order valence-electron chi connectivity index (χ1n) is 7.63. The zero-order valence-electron chi connectivity index (χ0n) is 12.8. The average Bonchev–Trinajstić information content (AvgIpc) is 2.76. The molecule has 0 fully saturated rings. The molecular formula is C16H23N3O2. The van der Waals surface area contributed by atoms with Crippen molar-refractivity contribution < 1.29 is 4.79 Å². The van der Waals surface area contributed by atoms with Gasteiger partial charge in [-0.3, -0.25) is 13.9 Å². The summed E-state index contributed by atoms with van der Waals surface area (Å²) in [5.41, 5.74) is 1.57. The number of para-hydroxylation sites is 2. The van der Waals surface area contributed by atoms with Crippen LogP contribution < -0.4 is 11.0 Å². The standard InChI is InChI=1S/C16H23N3O2/c1-3-5-8-11-17-15(20)12-19-14-10-7-6-9-13(14)18(4-2)16(19)21/h6-7,9-10H,3-5,8,11-12H2,1-2H3,(H,17,20). The van der Waals surface area contributed by atoms with E-state index in [1.807, 2.05) is 31.2 Å². The maximum Gasteiger partial charge on any atom is 0.329 e. The predicted molar refractivity (Wildman–Crippen MR) is 84.4 cm³/mol. The molecule has 0 aliphatic carbocycles. The maximum atomic E-state index is 12.4. The third kappa shape index (κ3) is 3.35. The third-order valence-corrected chi connectivity index (χ3v) is 3.65. The van der Waals surface area contributed by atoms with Gasteiger partial charge in [-0.15, -0.1) is 0 Å². The lowest BCUT2D eigenvalue weighted by Gasteiger charge is -2.05. The minimum atomic E-state index is -0.123. The molecule has 2 rings (SSSR count). The SMILES string of the molecule is CCCCCNC(=O)Cn1c(=O)n(CC)c2ccccc21. The number of unbranched alkanes of at least 4 members (excludes halogenated alkanes) is 2. The fourth-order valence-electron chi connectivity index (χ4n) is 2.53. The zero-order valence-corrected chi connectivity index (χ0v) is 12.8. The number of rotatable bonds is 7. The lowest BCUT2D eigenvalue weighted by atomic mass is 10.2. The second kappa shape index (κ2) is 7.11. The van der Waals surface area contributed by atoms with Crippen LogP contribution in [0.15, 0.2) is 29.1 Å². The second-order valence-corrected chi connectivity index (χ2v) is 5.16. The molecule has 0 aliphatic rings. The van der Waals surface area contributed by atoms with Gasteiger partial charge in [-0.2, -0.15) is 0 Å². The highest BCUT2D eigenvalue weighted by molar-refractivity contribution is 5.80. The van der Waals surface area contributed by atoms with Gasteiger partial charge in [0.05, 0.1) is 11.0 Å². The summed E-state index contributed by atoms with van der Waals surface area (Å²) in [5, 5.41) is 2.88. The molecule has 1 aromatic carbocycles. The van der Waals surface area contributed by atoms with Crippen molar-refractivity contribution in [3.05, 3.63) is 34.7 Å².